The molecule has 0 spiro atoms. The van der Waals surface area contributed by atoms with Gasteiger partial charge in [0.25, 0.3) is 5.91 Å². The molecular formula is C23H29NO2. The van der Waals surface area contributed by atoms with E-state index < -0.39 is 6.10 Å². The fourth-order valence-electron chi connectivity index (χ4n) is 3.64. The number of hydrogen-bond donors (Lipinski definition) is 1. The van der Waals surface area contributed by atoms with Gasteiger partial charge in [-0.05, 0) is 67.3 Å². The maximum atomic E-state index is 12.8. The predicted molar refractivity (Wildman–Crippen MR) is 105 cm³/mol. The molecule has 26 heavy (non-hydrogen) atoms. The third-order valence-electron chi connectivity index (χ3n) is 5.19. The molecule has 1 aliphatic carbocycles. The molecule has 0 saturated heterocycles. The van der Waals surface area contributed by atoms with Crippen LogP contribution >= 0.6 is 0 Å². The number of amides is 1. The zero-order valence-corrected chi connectivity index (χ0v) is 15.8. The highest BCUT2D eigenvalue weighted by Crippen LogP contribution is 2.26. The van der Waals surface area contributed by atoms with Gasteiger partial charge in [-0.15, -0.1) is 0 Å². The van der Waals surface area contributed by atoms with Crippen molar-refractivity contribution in [3.63, 3.8) is 0 Å². The van der Waals surface area contributed by atoms with E-state index in [9.17, 15) is 4.79 Å². The quantitative estimate of drug-likeness (QED) is 0.763. The normalized spacial score (nSPS) is 15.6. The van der Waals surface area contributed by atoms with Crippen molar-refractivity contribution in [2.24, 2.45) is 0 Å². The van der Waals surface area contributed by atoms with Gasteiger partial charge in [-0.1, -0.05) is 50.2 Å². The first-order chi connectivity index (χ1) is 12.7. The Morgan fingerprint density at radius 3 is 2.42 bits per heavy atom. The van der Waals surface area contributed by atoms with Gasteiger partial charge < -0.3 is 10.1 Å². The fraction of sp³-hybridized carbons (Fsp3) is 0.435. The summed E-state index contributed by atoms with van der Waals surface area (Å²) in [5, 5.41) is 3.15. The van der Waals surface area contributed by atoms with Crippen LogP contribution in [0.5, 0.6) is 5.75 Å². The summed E-state index contributed by atoms with van der Waals surface area (Å²) in [7, 11) is 0. The van der Waals surface area contributed by atoms with Gasteiger partial charge in [0.2, 0.25) is 0 Å². The molecule has 2 aromatic carbocycles. The summed E-state index contributed by atoms with van der Waals surface area (Å²) in [6.45, 7) is 4.08. The lowest BCUT2D eigenvalue weighted by molar-refractivity contribution is -0.128. The van der Waals surface area contributed by atoms with Gasteiger partial charge in [0.15, 0.2) is 6.10 Å². The molecule has 138 valence electrons. The van der Waals surface area contributed by atoms with Crippen LogP contribution in [0.2, 0.25) is 0 Å². The number of rotatable bonds is 7. The fourth-order valence-corrected chi connectivity index (χ4v) is 3.64. The highest BCUT2D eigenvalue weighted by atomic mass is 16.5. The van der Waals surface area contributed by atoms with Crippen LogP contribution in [0.3, 0.4) is 0 Å². The molecule has 0 radical (unpaired) electrons. The van der Waals surface area contributed by atoms with Crippen molar-refractivity contribution in [3.05, 3.63) is 65.2 Å². The second kappa shape index (κ2) is 8.88. The Labute approximate surface area is 156 Å². The first kappa shape index (κ1) is 18.5. The van der Waals surface area contributed by atoms with Gasteiger partial charge in [0.05, 0.1) is 6.04 Å². The number of fused-ring (bicyclic) bond motifs is 1. The Kier molecular flexibility index (Phi) is 6.32. The average molecular weight is 351 g/mol. The highest BCUT2D eigenvalue weighted by Gasteiger charge is 2.22. The van der Waals surface area contributed by atoms with E-state index in [1.165, 1.54) is 24.0 Å². The number of carbonyl (C=O) groups is 1. The van der Waals surface area contributed by atoms with E-state index in [1.54, 1.807) is 0 Å². The Morgan fingerprint density at radius 1 is 1.00 bits per heavy atom. The third kappa shape index (κ3) is 4.46. The molecule has 1 aliphatic rings. The zero-order chi connectivity index (χ0) is 18.4. The minimum atomic E-state index is -0.464. The third-order valence-corrected chi connectivity index (χ3v) is 5.19. The van der Waals surface area contributed by atoms with Gasteiger partial charge in [-0.3, -0.25) is 4.79 Å². The summed E-state index contributed by atoms with van der Waals surface area (Å²) in [4.78, 5) is 12.8. The number of carbonyl (C=O) groups excluding carboxylic acids is 1. The molecule has 0 fully saturated rings. The largest absolute Gasteiger partial charge is 0.481 e. The van der Waals surface area contributed by atoms with E-state index in [1.807, 2.05) is 31.2 Å². The standard InChI is InChI=1S/C23H29NO2/c1-3-21(18-11-6-5-7-12-18)24-23(25)22(4-2)26-20-15-14-17-10-8-9-13-19(17)16-20/h5-7,11-12,14-16,21-22H,3-4,8-10,13H2,1-2H3,(H,24,25)/t21-,22-/m1/s1. The SMILES string of the molecule is CC[C@@H](Oc1ccc2c(c1)CCCC2)C(=O)N[C@H](CC)c1ccccc1. The molecule has 0 heterocycles. The first-order valence-corrected chi connectivity index (χ1v) is 9.85. The summed E-state index contributed by atoms with van der Waals surface area (Å²) in [6, 6.07) is 16.4. The summed E-state index contributed by atoms with van der Waals surface area (Å²) < 4.78 is 6.06. The summed E-state index contributed by atoms with van der Waals surface area (Å²) in [5.74, 6) is 0.765. The van der Waals surface area contributed by atoms with Crippen LogP contribution in [0.15, 0.2) is 48.5 Å². The van der Waals surface area contributed by atoms with Crippen molar-refractivity contribution in [1.29, 1.82) is 0 Å². The number of hydrogen-bond acceptors (Lipinski definition) is 2. The minimum absolute atomic E-state index is 0.0184. The lowest BCUT2D eigenvalue weighted by Crippen LogP contribution is -2.40. The molecule has 1 amide bonds. The molecule has 0 aliphatic heterocycles. The molecule has 0 unspecified atom stereocenters. The molecule has 2 atom stereocenters. The summed E-state index contributed by atoms with van der Waals surface area (Å²) in [5.41, 5.74) is 3.93. The predicted octanol–water partition coefficient (Wildman–Crippen LogP) is 4.99. The van der Waals surface area contributed by atoms with Crippen molar-refractivity contribution in [2.75, 3.05) is 0 Å². The summed E-state index contributed by atoms with van der Waals surface area (Å²) in [6.07, 6.45) is 5.81. The van der Waals surface area contributed by atoms with E-state index in [2.05, 4.69) is 36.5 Å². The molecule has 3 heteroatoms. The maximum absolute atomic E-state index is 12.8. The van der Waals surface area contributed by atoms with Crippen molar-refractivity contribution >= 4 is 5.91 Å². The lowest BCUT2D eigenvalue weighted by Gasteiger charge is -2.23. The average Bonchev–Trinajstić information content (AvgIpc) is 2.70. The highest BCUT2D eigenvalue weighted by molar-refractivity contribution is 5.81. The number of benzene rings is 2. The number of nitrogens with one attached hydrogen (secondary N) is 1. The van der Waals surface area contributed by atoms with Crippen LogP contribution in [-0.2, 0) is 17.6 Å². The van der Waals surface area contributed by atoms with E-state index in [-0.39, 0.29) is 11.9 Å². The van der Waals surface area contributed by atoms with Gasteiger partial charge in [-0.25, -0.2) is 0 Å². The van der Waals surface area contributed by atoms with Crippen LogP contribution in [0, 0.1) is 0 Å². The summed E-state index contributed by atoms with van der Waals surface area (Å²) >= 11 is 0. The second-order valence-corrected chi connectivity index (χ2v) is 7.03. The molecule has 0 aromatic heterocycles. The number of aryl methyl sites for hydroxylation is 2. The monoisotopic (exact) mass is 351 g/mol. The van der Waals surface area contributed by atoms with Crippen LogP contribution < -0.4 is 10.1 Å². The Hall–Kier alpha value is -2.29. The molecule has 1 N–H and O–H groups in total. The van der Waals surface area contributed by atoms with Crippen molar-refractivity contribution in [3.8, 4) is 5.75 Å². The minimum Gasteiger partial charge on any atom is -0.481 e. The number of ether oxygens (including phenoxy) is 1. The molecular weight excluding hydrogens is 322 g/mol. The Balaban J connectivity index is 1.67. The van der Waals surface area contributed by atoms with Crippen molar-refractivity contribution in [1.82, 2.24) is 5.32 Å². The van der Waals surface area contributed by atoms with Gasteiger partial charge in [0.1, 0.15) is 5.75 Å². The van der Waals surface area contributed by atoms with Crippen LogP contribution in [0.4, 0.5) is 0 Å². The first-order valence-electron chi connectivity index (χ1n) is 9.85. The smallest absolute Gasteiger partial charge is 0.261 e. The van der Waals surface area contributed by atoms with E-state index in [0.717, 1.165) is 30.6 Å². The van der Waals surface area contributed by atoms with Crippen molar-refractivity contribution in [2.45, 2.75) is 64.5 Å². The maximum Gasteiger partial charge on any atom is 0.261 e. The molecule has 3 nitrogen and oxygen atoms in total. The van der Waals surface area contributed by atoms with E-state index in [0.29, 0.717) is 6.42 Å². The molecule has 3 rings (SSSR count). The lowest BCUT2D eigenvalue weighted by atomic mass is 9.92. The van der Waals surface area contributed by atoms with Crippen LogP contribution in [0.1, 0.15) is 62.3 Å². The Morgan fingerprint density at radius 2 is 1.73 bits per heavy atom. The molecule has 0 saturated carbocycles. The topological polar surface area (TPSA) is 38.3 Å². The van der Waals surface area contributed by atoms with E-state index in [4.69, 9.17) is 4.74 Å². The van der Waals surface area contributed by atoms with Crippen molar-refractivity contribution < 1.29 is 9.53 Å². The van der Waals surface area contributed by atoms with Gasteiger partial charge in [0, 0.05) is 0 Å². The Bertz CT molecular complexity index is 726. The van der Waals surface area contributed by atoms with Gasteiger partial charge in [-0.2, -0.15) is 0 Å². The second-order valence-electron chi connectivity index (χ2n) is 7.03. The molecule has 2 aromatic rings. The van der Waals surface area contributed by atoms with Crippen LogP contribution in [0.25, 0.3) is 0 Å². The van der Waals surface area contributed by atoms with Gasteiger partial charge >= 0.3 is 0 Å². The van der Waals surface area contributed by atoms with Crippen LogP contribution in [-0.4, -0.2) is 12.0 Å². The molecule has 0 bridgehead atoms. The van der Waals surface area contributed by atoms with E-state index >= 15 is 0 Å². The zero-order valence-electron chi connectivity index (χ0n) is 15.8.